The smallest absolute Gasteiger partial charge is 0.260 e. The van der Waals surface area contributed by atoms with Crippen molar-refractivity contribution in [3.63, 3.8) is 0 Å². The van der Waals surface area contributed by atoms with Crippen molar-refractivity contribution in [2.75, 3.05) is 5.32 Å². The normalized spacial score (nSPS) is 10.3. The highest BCUT2D eigenvalue weighted by Crippen LogP contribution is 2.28. The van der Waals surface area contributed by atoms with Gasteiger partial charge < -0.3 is 0 Å². The average molecular weight is 313 g/mol. The molecule has 3 rings (SSSR count). The quantitative estimate of drug-likeness (QED) is 0.792. The van der Waals surface area contributed by atoms with Gasteiger partial charge in [0.1, 0.15) is 5.03 Å². The fourth-order valence-corrected chi connectivity index (χ4v) is 3.12. The molecular formula is C15H11N3OS2. The number of nitrogens with one attached hydrogen (secondary N) is 1. The second-order valence-electron chi connectivity index (χ2n) is 4.06. The van der Waals surface area contributed by atoms with Crippen molar-refractivity contribution in [2.24, 2.45) is 0 Å². The molecule has 4 nitrogen and oxygen atoms in total. The lowest BCUT2D eigenvalue weighted by Gasteiger charge is -2.07. The molecule has 0 atom stereocenters. The molecule has 0 fully saturated rings. The van der Waals surface area contributed by atoms with Gasteiger partial charge in [-0.1, -0.05) is 30.0 Å². The number of hydrogen-bond donors (Lipinski definition) is 1. The Bertz CT molecular complexity index is 730. The fraction of sp³-hybridized carbons (Fsp3) is 0. The van der Waals surface area contributed by atoms with Gasteiger partial charge in [-0.3, -0.25) is 10.1 Å². The van der Waals surface area contributed by atoms with Gasteiger partial charge in [0, 0.05) is 22.7 Å². The molecule has 21 heavy (non-hydrogen) atoms. The van der Waals surface area contributed by atoms with E-state index in [0.717, 1.165) is 4.90 Å². The van der Waals surface area contributed by atoms with E-state index in [1.807, 2.05) is 35.7 Å². The first-order valence-electron chi connectivity index (χ1n) is 6.22. The Morgan fingerprint density at radius 3 is 2.67 bits per heavy atom. The molecule has 0 aliphatic heterocycles. The standard InChI is InChI=1S/C15H11N3OS2/c19-13(18-15-17-9-10-20-15)12-7-4-8-16-14(12)21-11-5-2-1-3-6-11/h1-10H,(H,17,18,19). The second-order valence-corrected chi connectivity index (χ2v) is 6.02. The first-order valence-corrected chi connectivity index (χ1v) is 7.91. The van der Waals surface area contributed by atoms with Crippen molar-refractivity contribution in [2.45, 2.75) is 9.92 Å². The van der Waals surface area contributed by atoms with E-state index in [1.165, 1.54) is 23.1 Å². The molecule has 104 valence electrons. The number of amides is 1. The summed E-state index contributed by atoms with van der Waals surface area (Å²) >= 11 is 2.85. The first kappa shape index (κ1) is 13.8. The van der Waals surface area contributed by atoms with Crippen molar-refractivity contribution in [3.8, 4) is 0 Å². The summed E-state index contributed by atoms with van der Waals surface area (Å²) in [7, 11) is 0. The van der Waals surface area contributed by atoms with E-state index in [4.69, 9.17) is 0 Å². The Morgan fingerprint density at radius 1 is 1.05 bits per heavy atom. The summed E-state index contributed by atoms with van der Waals surface area (Å²) < 4.78 is 0. The molecule has 0 spiro atoms. The van der Waals surface area contributed by atoms with Gasteiger partial charge in [0.2, 0.25) is 0 Å². The third-order valence-corrected chi connectivity index (χ3v) is 4.34. The average Bonchev–Trinajstić information content (AvgIpc) is 3.02. The Balaban J connectivity index is 1.84. The number of nitrogens with zero attached hydrogens (tertiary/aromatic N) is 2. The van der Waals surface area contributed by atoms with Crippen LogP contribution < -0.4 is 5.32 Å². The SMILES string of the molecule is O=C(Nc1nccs1)c1cccnc1Sc1ccccc1. The van der Waals surface area contributed by atoms with Gasteiger partial charge in [0.15, 0.2) is 5.13 Å². The summed E-state index contributed by atoms with van der Waals surface area (Å²) in [6.07, 6.45) is 3.34. The van der Waals surface area contributed by atoms with Gasteiger partial charge in [-0.25, -0.2) is 9.97 Å². The van der Waals surface area contributed by atoms with Crippen LogP contribution in [0.5, 0.6) is 0 Å². The van der Waals surface area contributed by atoms with Gasteiger partial charge >= 0.3 is 0 Å². The maximum atomic E-state index is 12.3. The van der Waals surface area contributed by atoms with Crippen LogP contribution >= 0.6 is 23.1 Å². The predicted molar refractivity (Wildman–Crippen MR) is 84.9 cm³/mol. The van der Waals surface area contributed by atoms with Gasteiger partial charge in [0.05, 0.1) is 5.56 Å². The molecule has 0 aliphatic carbocycles. The number of hydrogen-bond acceptors (Lipinski definition) is 5. The van der Waals surface area contributed by atoms with Gasteiger partial charge in [-0.05, 0) is 24.3 Å². The lowest BCUT2D eigenvalue weighted by Crippen LogP contribution is -2.13. The number of anilines is 1. The van der Waals surface area contributed by atoms with Crippen LogP contribution in [0.3, 0.4) is 0 Å². The maximum Gasteiger partial charge on any atom is 0.260 e. The Labute approximate surface area is 130 Å². The number of benzene rings is 1. The van der Waals surface area contributed by atoms with E-state index < -0.39 is 0 Å². The number of aromatic nitrogens is 2. The molecule has 0 unspecified atom stereocenters. The van der Waals surface area contributed by atoms with Gasteiger partial charge in [-0.15, -0.1) is 11.3 Å². The van der Waals surface area contributed by atoms with Gasteiger partial charge in [0.25, 0.3) is 5.91 Å². The molecule has 1 aromatic carbocycles. The zero-order valence-corrected chi connectivity index (χ0v) is 12.5. The van der Waals surface area contributed by atoms with Crippen LogP contribution in [-0.4, -0.2) is 15.9 Å². The lowest BCUT2D eigenvalue weighted by molar-refractivity contribution is 0.102. The molecule has 1 N–H and O–H groups in total. The van der Waals surface area contributed by atoms with Crippen LogP contribution in [0.25, 0.3) is 0 Å². The predicted octanol–water partition coefficient (Wildman–Crippen LogP) is 3.94. The lowest BCUT2D eigenvalue weighted by atomic mass is 10.3. The highest BCUT2D eigenvalue weighted by Gasteiger charge is 2.14. The Hall–Kier alpha value is -2.18. The molecule has 0 saturated heterocycles. The monoisotopic (exact) mass is 313 g/mol. The third-order valence-electron chi connectivity index (χ3n) is 2.63. The largest absolute Gasteiger partial charge is 0.298 e. The number of pyridine rings is 1. The zero-order valence-electron chi connectivity index (χ0n) is 10.9. The molecule has 0 aliphatic rings. The van der Waals surface area contributed by atoms with E-state index in [1.54, 1.807) is 24.5 Å². The molecule has 3 aromatic rings. The van der Waals surface area contributed by atoms with Crippen LogP contribution in [-0.2, 0) is 0 Å². The van der Waals surface area contributed by atoms with Crippen molar-refractivity contribution in [1.82, 2.24) is 9.97 Å². The molecule has 6 heteroatoms. The minimum atomic E-state index is -0.198. The topological polar surface area (TPSA) is 54.9 Å². The molecule has 1 amide bonds. The molecule has 2 aromatic heterocycles. The second kappa shape index (κ2) is 6.51. The number of carbonyl (C=O) groups excluding carboxylic acids is 1. The summed E-state index contributed by atoms with van der Waals surface area (Å²) in [6, 6.07) is 13.4. The molecule has 0 radical (unpaired) electrons. The number of thiazole rings is 1. The Morgan fingerprint density at radius 2 is 1.90 bits per heavy atom. The highest BCUT2D eigenvalue weighted by atomic mass is 32.2. The van der Waals surface area contributed by atoms with Crippen LogP contribution in [0, 0.1) is 0 Å². The van der Waals surface area contributed by atoms with Crippen molar-refractivity contribution < 1.29 is 4.79 Å². The molecule has 0 saturated carbocycles. The minimum absolute atomic E-state index is 0.198. The summed E-state index contributed by atoms with van der Waals surface area (Å²) in [5.74, 6) is -0.198. The van der Waals surface area contributed by atoms with E-state index in [2.05, 4.69) is 15.3 Å². The van der Waals surface area contributed by atoms with Crippen LogP contribution in [0.2, 0.25) is 0 Å². The van der Waals surface area contributed by atoms with Crippen molar-refractivity contribution in [3.05, 3.63) is 65.8 Å². The zero-order chi connectivity index (χ0) is 14.5. The molecule has 2 heterocycles. The fourth-order valence-electron chi connectivity index (χ4n) is 1.69. The summed E-state index contributed by atoms with van der Waals surface area (Å²) in [5.41, 5.74) is 0.543. The third kappa shape index (κ3) is 3.48. The van der Waals surface area contributed by atoms with E-state index in [9.17, 15) is 4.79 Å². The molecular weight excluding hydrogens is 302 g/mol. The van der Waals surface area contributed by atoms with Crippen LogP contribution in [0.15, 0.2) is 70.2 Å². The van der Waals surface area contributed by atoms with Crippen molar-refractivity contribution >= 4 is 34.1 Å². The highest BCUT2D eigenvalue weighted by molar-refractivity contribution is 7.99. The first-order chi connectivity index (χ1) is 10.3. The summed E-state index contributed by atoms with van der Waals surface area (Å²) in [4.78, 5) is 21.7. The van der Waals surface area contributed by atoms with E-state index >= 15 is 0 Å². The van der Waals surface area contributed by atoms with E-state index in [0.29, 0.717) is 15.7 Å². The summed E-state index contributed by atoms with van der Waals surface area (Å²) in [5, 5.41) is 5.86. The Kier molecular flexibility index (Phi) is 4.28. The van der Waals surface area contributed by atoms with Gasteiger partial charge in [-0.2, -0.15) is 0 Å². The van der Waals surface area contributed by atoms with Crippen LogP contribution in [0.4, 0.5) is 5.13 Å². The van der Waals surface area contributed by atoms with Crippen molar-refractivity contribution in [1.29, 1.82) is 0 Å². The summed E-state index contributed by atoms with van der Waals surface area (Å²) in [6.45, 7) is 0. The molecule has 0 bridgehead atoms. The maximum absolute atomic E-state index is 12.3. The number of rotatable bonds is 4. The number of carbonyl (C=O) groups is 1. The van der Waals surface area contributed by atoms with E-state index in [-0.39, 0.29) is 5.91 Å². The van der Waals surface area contributed by atoms with Crippen LogP contribution in [0.1, 0.15) is 10.4 Å². The minimum Gasteiger partial charge on any atom is -0.298 e.